The van der Waals surface area contributed by atoms with Gasteiger partial charge in [-0.3, -0.25) is 4.79 Å². The molecule has 1 fully saturated rings. The number of hydrogen-bond donors (Lipinski definition) is 0. The van der Waals surface area contributed by atoms with Gasteiger partial charge in [-0.05, 0) is 35.7 Å². The molecule has 3 aromatic rings. The molecule has 0 radical (unpaired) electrons. The molecule has 1 aliphatic rings. The predicted octanol–water partition coefficient (Wildman–Crippen LogP) is 3.24. The van der Waals surface area contributed by atoms with E-state index in [9.17, 15) is 9.18 Å². The van der Waals surface area contributed by atoms with Gasteiger partial charge in [0.1, 0.15) is 18.0 Å². The number of aromatic nitrogens is 2. The van der Waals surface area contributed by atoms with Crippen molar-refractivity contribution in [1.82, 2.24) is 14.9 Å². The van der Waals surface area contributed by atoms with Gasteiger partial charge in [0.25, 0.3) is 0 Å². The fourth-order valence-corrected chi connectivity index (χ4v) is 3.85. The van der Waals surface area contributed by atoms with Crippen LogP contribution in [0.1, 0.15) is 4.88 Å². The first-order valence-electron chi connectivity index (χ1n) is 8.82. The Labute approximate surface area is 161 Å². The summed E-state index contributed by atoms with van der Waals surface area (Å²) in [5, 5.41) is 1.99. The lowest BCUT2D eigenvalue weighted by Gasteiger charge is -2.35. The van der Waals surface area contributed by atoms with Crippen LogP contribution in [0.2, 0.25) is 0 Å². The van der Waals surface area contributed by atoms with Crippen molar-refractivity contribution in [2.45, 2.75) is 6.42 Å². The van der Waals surface area contributed by atoms with E-state index in [2.05, 4.69) is 14.9 Å². The Morgan fingerprint density at radius 1 is 1.07 bits per heavy atom. The largest absolute Gasteiger partial charge is 0.353 e. The van der Waals surface area contributed by atoms with Crippen LogP contribution in [0.3, 0.4) is 0 Å². The maximum Gasteiger partial charge on any atom is 0.227 e. The third-order valence-corrected chi connectivity index (χ3v) is 5.53. The number of thiophene rings is 1. The zero-order valence-corrected chi connectivity index (χ0v) is 15.5. The van der Waals surface area contributed by atoms with E-state index in [1.54, 1.807) is 23.5 Å². The van der Waals surface area contributed by atoms with E-state index in [1.165, 1.54) is 18.5 Å². The van der Waals surface area contributed by atoms with Crippen LogP contribution in [-0.4, -0.2) is 47.0 Å². The Hall–Kier alpha value is -2.80. The summed E-state index contributed by atoms with van der Waals surface area (Å²) in [5.41, 5.74) is 1.61. The van der Waals surface area contributed by atoms with Gasteiger partial charge in [0.2, 0.25) is 5.91 Å². The van der Waals surface area contributed by atoms with E-state index in [-0.39, 0.29) is 11.7 Å². The fraction of sp³-hybridized carbons (Fsp3) is 0.250. The van der Waals surface area contributed by atoms with Crippen molar-refractivity contribution in [3.8, 4) is 11.3 Å². The molecule has 0 saturated carbocycles. The average molecular weight is 382 g/mol. The molecule has 0 unspecified atom stereocenters. The average Bonchev–Trinajstić information content (AvgIpc) is 3.22. The topological polar surface area (TPSA) is 49.3 Å². The first kappa shape index (κ1) is 17.6. The number of benzene rings is 1. The van der Waals surface area contributed by atoms with E-state index in [0.717, 1.165) is 35.0 Å². The highest BCUT2D eigenvalue weighted by Crippen LogP contribution is 2.22. The summed E-state index contributed by atoms with van der Waals surface area (Å²) < 4.78 is 13.1. The minimum absolute atomic E-state index is 0.173. The van der Waals surface area contributed by atoms with Crippen molar-refractivity contribution in [3.63, 3.8) is 0 Å². The van der Waals surface area contributed by atoms with E-state index in [0.29, 0.717) is 19.5 Å². The molecule has 138 valence electrons. The van der Waals surface area contributed by atoms with Crippen LogP contribution in [0, 0.1) is 5.82 Å². The minimum Gasteiger partial charge on any atom is -0.353 e. The molecule has 4 rings (SSSR count). The Kier molecular flexibility index (Phi) is 5.11. The van der Waals surface area contributed by atoms with Crippen molar-refractivity contribution >= 4 is 23.1 Å². The van der Waals surface area contributed by atoms with Crippen molar-refractivity contribution in [1.29, 1.82) is 0 Å². The first-order chi connectivity index (χ1) is 13.2. The molecule has 0 spiro atoms. The van der Waals surface area contributed by atoms with Crippen molar-refractivity contribution < 1.29 is 9.18 Å². The number of halogens is 1. The molecule has 7 heteroatoms. The highest BCUT2D eigenvalue weighted by Gasteiger charge is 2.22. The summed E-state index contributed by atoms with van der Waals surface area (Å²) in [6.45, 7) is 2.83. The molecule has 3 heterocycles. The molecule has 0 aliphatic carbocycles. The van der Waals surface area contributed by atoms with Crippen LogP contribution in [0.15, 0.2) is 54.2 Å². The van der Waals surface area contributed by atoms with Gasteiger partial charge in [-0.1, -0.05) is 6.07 Å². The van der Waals surface area contributed by atoms with E-state index in [4.69, 9.17) is 0 Å². The second-order valence-electron chi connectivity index (χ2n) is 6.39. The zero-order valence-electron chi connectivity index (χ0n) is 14.7. The van der Waals surface area contributed by atoms with Gasteiger partial charge in [-0.2, -0.15) is 0 Å². The minimum atomic E-state index is -0.267. The first-order valence-corrected chi connectivity index (χ1v) is 9.70. The standard InChI is InChI=1S/C20H19FN4OS/c21-16-5-3-15(4-6-16)18-13-19(23-14-22-18)24-7-9-25(10-8-24)20(26)12-17-2-1-11-27-17/h1-6,11,13-14H,7-10,12H2. The van der Waals surface area contributed by atoms with Gasteiger partial charge in [-0.25, -0.2) is 14.4 Å². The SMILES string of the molecule is O=C(Cc1cccs1)N1CCN(c2cc(-c3ccc(F)cc3)ncn2)CC1. The molecule has 0 N–H and O–H groups in total. The molecule has 2 aromatic heterocycles. The fourth-order valence-electron chi connectivity index (χ4n) is 3.16. The number of amides is 1. The van der Waals surface area contributed by atoms with Crippen LogP contribution >= 0.6 is 11.3 Å². The van der Waals surface area contributed by atoms with E-state index >= 15 is 0 Å². The number of nitrogens with zero attached hydrogens (tertiary/aromatic N) is 4. The highest BCUT2D eigenvalue weighted by molar-refractivity contribution is 7.10. The normalized spacial score (nSPS) is 14.4. The maximum atomic E-state index is 13.1. The molecule has 1 aromatic carbocycles. The van der Waals surface area contributed by atoms with Crippen molar-refractivity contribution in [3.05, 3.63) is 64.9 Å². The molecule has 1 amide bonds. The summed E-state index contributed by atoms with van der Waals surface area (Å²) in [7, 11) is 0. The summed E-state index contributed by atoms with van der Waals surface area (Å²) in [5.74, 6) is 0.734. The van der Waals surface area contributed by atoms with Gasteiger partial charge < -0.3 is 9.80 Å². The van der Waals surface area contributed by atoms with Gasteiger partial charge in [0.15, 0.2) is 0 Å². The smallest absolute Gasteiger partial charge is 0.227 e. The molecular weight excluding hydrogens is 363 g/mol. The maximum absolute atomic E-state index is 13.1. The van der Waals surface area contributed by atoms with Gasteiger partial charge in [-0.15, -0.1) is 11.3 Å². The van der Waals surface area contributed by atoms with Crippen LogP contribution in [-0.2, 0) is 11.2 Å². The third-order valence-electron chi connectivity index (χ3n) is 4.65. The zero-order chi connectivity index (χ0) is 18.6. The Bertz CT molecular complexity index is 906. The summed E-state index contributed by atoms with van der Waals surface area (Å²) in [6.07, 6.45) is 2.00. The quantitative estimate of drug-likeness (QED) is 0.695. The molecule has 0 bridgehead atoms. The van der Waals surface area contributed by atoms with E-state index in [1.807, 2.05) is 28.5 Å². The Balaban J connectivity index is 1.40. The molecule has 5 nitrogen and oxygen atoms in total. The molecule has 1 aliphatic heterocycles. The molecule has 0 atom stereocenters. The van der Waals surface area contributed by atoms with Crippen LogP contribution in [0.25, 0.3) is 11.3 Å². The summed E-state index contributed by atoms with van der Waals surface area (Å²) >= 11 is 1.61. The number of carbonyl (C=O) groups is 1. The van der Waals surface area contributed by atoms with Gasteiger partial charge in [0, 0.05) is 42.7 Å². The molecular formula is C20H19FN4OS. The lowest BCUT2D eigenvalue weighted by atomic mass is 10.1. The second kappa shape index (κ2) is 7.84. The summed E-state index contributed by atoms with van der Waals surface area (Å²) in [6, 6.07) is 12.2. The second-order valence-corrected chi connectivity index (χ2v) is 7.42. The predicted molar refractivity (Wildman–Crippen MR) is 104 cm³/mol. The lowest BCUT2D eigenvalue weighted by molar-refractivity contribution is -0.130. The highest BCUT2D eigenvalue weighted by atomic mass is 32.1. The van der Waals surface area contributed by atoms with Crippen LogP contribution < -0.4 is 4.90 Å². The number of rotatable bonds is 4. The number of carbonyl (C=O) groups excluding carboxylic acids is 1. The molecule has 27 heavy (non-hydrogen) atoms. The van der Waals surface area contributed by atoms with Crippen LogP contribution in [0.4, 0.5) is 10.2 Å². The molecule has 1 saturated heterocycles. The van der Waals surface area contributed by atoms with Crippen molar-refractivity contribution in [2.75, 3.05) is 31.1 Å². The number of hydrogen-bond acceptors (Lipinski definition) is 5. The van der Waals surface area contributed by atoms with Crippen LogP contribution in [0.5, 0.6) is 0 Å². The van der Waals surface area contributed by atoms with Gasteiger partial charge in [0.05, 0.1) is 12.1 Å². The van der Waals surface area contributed by atoms with E-state index < -0.39 is 0 Å². The van der Waals surface area contributed by atoms with Crippen molar-refractivity contribution in [2.24, 2.45) is 0 Å². The monoisotopic (exact) mass is 382 g/mol. The van der Waals surface area contributed by atoms with Gasteiger partial charge >= 0.3 is 0 Å². The Morgan fingerprint density at radius 3 is 2.56 bits per heavy atom. The number of piperazine rings is 1. The summed E-state index contributed by atoms with van der Waals surface area (Å²) in [4.78, 5) is 26.3. The number of anilines is 1. The Morgan fingerprint density at radius 2 is 1.85 bits per heavy atom. The lowest BCUT2D eigenvalue weighted by Crippen LogP contribution is -2.49. The third kappa shape index (κ3) is 4.14.